The molecule has 62 heavy (non-hydrogen) atoms. The predicted octanol–water partition coefficient (Wildman–Crippen LogP) is 0.246. The molecule has 3 saturated heterocycles. The summed E-state index contributed by atoms with van der Waals surface area (Å²) in [4.78, 5) is 49.4. The molecule has 0 aromatic rings. The number of fused-ring (bicyclic) bond motifs is 6. The molecule has 0 spiro atoms. The van der Waals surface area contributed by atoms with Crippen molar-refractivity contribution in [1.29, 1.82) is 0 Å². The molecule has 7 fully saturated rings. The third-order valence-electron chi connectivity index (χ3n) is 16.3. The van der Waals surface area contributed by atoms with Crippen molar-refractivity contribution in [2.75, 3.05) is 18.9 Å². The lowest BCUT2D eigenvalue weighted by Crippen LogP contribution is -2.71. The molecule has 10 N–H and O–H groups in total. The van der Waals surface area contributed by atoms with E-state index in [2.05, 4.69) is 26.5 Å². The number of urea groups is 1. The summed E-state index contributed by atoms with van der Waals surface area (Å²) in [5, 5.41) is 82.8. The summed E-state index contributed by atoms with van der Waals surface area (Å²) in [6.07, 6.45) is 0.922. The molecule has 8 rings (SSSR count). The van der Waals surface area contributed by atoms with Crippen molar-refractivity contribution >= 4 is 41.8 Å². The molecule has 18 nitrogen and oxygen atoms in total. The first-order valence-electron chi connectivity index (χ1n) is 22.6. The van der Waals surface area contributed by atoms with Gasteiger partial charge in [-0.05, 0) is 94.5 Å². The average molecular weight is 892 g/mol. The molecule has 0 aromatic heterocycles. The largest absolute Gasteiger partial charge is 0.458 e. The highest BCUT2D eigenvalue weighted by Crippen LogP contribution is 2.70. The Morgan fingerprint density at radius 2 is 1.77 bits per heavy atom. The van der Waals surface area contributed by atoms with Gasteiger partial charge in [-0.25, -0.2) is 15.0 Å². The van der Waals surface area contributed by atoms with E-state index in [1.807, 2.05) is 18.7 Å². The Bertz CT molecular complexity index is 1790. The number of ether oxygens (including phenoxy) is 3. The van der Waals surface area contributed by atoms with Crippen LogP contribution in [0.1, 0.15) is 104 Å². The van der Waals surface area contributed by atoms with Crippen LogP contribution in [0.2, 0.25) is 0 Å². The second kappa shape index (κ2) is 17.8. The third kappa shape index (κ3) is 8.09. The fourth-order valence-electron chi connectivity index (χ4n) is 12.9. The van der Waals surface area contributed by atoms with Crippen LogP contribution in [-0.4, -0.2) is 151 Å². The monoisotopic (exact) mass is 891 g/mol. The summed E-state index contributed by atoms with van der Waals surface area (Å²) < 4.78 is 17.2. The average Bonchev–Trinajstić information content (AvgIpc) is 4.00. The van der Waals surface area contributed by atoms with Gasteiger partial charge in [0.15, 0.2) is 6.29 Å². The maximum absolute atomic E-state index is 13.1. The molecule has 19 heteroatoms. The van der Waals surface area contributed by atoms with E-state index in [9.17, 15) is 49.8 Å². The number of rotatable bonds is 14. The normalized spacial score (nSPS) is 45.9. The number of carbonyl (C=O) groups excluding carboxylic acids is 4. The lowest BCUT2D eigenvalue weighted by molar-refractivity contribution is -0.317. The molecule has 4 aliphatic heterocycles. The smallest absolute Gasteiger partial charge is 0.331 e. The number of thioether (sulfide) groups is 1. The van der Waals surface area contributed by atoms with Gasteiger partial charge in [-0.2, -0.15) is 16.9 Å². The van der Waals surface area contributed by atoms with Crippen LogP contribution in [0.5, 0.6) is 0 Å². The molecular weight excluding hydrogens is 827 g/mol. The van der Waals surface area contributed by atoms with Crippen LogP contribution in [0.3, 0.4) is 0 Å². The fraction of sp³-hybridized carbons (Fsp3) is 0.837. The Labute approximate surface area is 365 Å². The van der Waals surface area contributed by atoms with Crippen molar-refractivity contribution in [1.82, 2.24) is 21.4 Å². The predicted molar refractivity (Wildman–Crippen MR) is 223 cm³/mol. The van der Waals surface area contributed by atoms with Gasteiger partial charge in [0.05, 0.1) is 41.6 Å². The molecule has 0 unspecified atom stereocenters. The fourth-order valence-corrected chi connectivity index (χ4v) is 14.4. The maximum atomic E-state index is 13.1. The van der Waals surface area contributed by atoms with E-state index in [0.717, 1.165) is 30.6 Å². The zero-order valence-electron chi connectivity index (χ0n) is 35.6. The van der Waals surface area contributed by atoms with Crippen molar-refractivity contribution in [3.8, 4) is 0 Å². The summed E-state index contributed by atoms with van der Waals surface area (Å²) in [5.74, 6) is -1.13. The molecule has 0 radical (unpaired) electrons. The number of nitrogens with one attached hydrogen (secondary N) is 4. The number of esters is 1. The first-order valence-corrected chi connectivity index (χ1v) is 23.7. The van der Waals surface area contributed by atoms with Crippen molar-refractivity contribution in [2.24, 2.45) is 33.7 Å². The summed E-state index contributed by atoms with van der Waals surface area (Å²) in [7, 11) is 0. The molecule has 4 amide bonds. The van der Waals surface area contributed by atoms with Crippen molar-refractivity contribution in [3.63, 3.8) is 0 Å². The summed E-state index contributed by atoms with van der Waals surface area (Å²) in [6, 6.07) is 0.202. The summed E-state index contributed by atoms with van der Waals surface area (Å²) >= 11 is 1.85. The van der Waals surface area contributed by atoms with Crippen LogP contribution in [0.15, 0.2) is 16.8 Å². The topological polar surface area (TPSA) is 278 Å². The second-order valence-electron chi connectivity index (χ2n) is 19.5. The Kier molecular flexibility index (Phi) is 13.1. The lowest BCUT2D eigenvalue weighted by atomic mass is 9.41. The Hall–Kier alpha value is -2.88. The molecule has 17 atom stereocenters. The number of amides is 4. The van der Waals surface area contributed by atoms with E-state index in [-0.39, 0.29) is 80.5 Å². The SMILES string of the molecule is C[C@H]1O[C@@H](O[C@H]2CC[C@]3(/C=N/NC(=O)CCCNC(=O)CCCC[C@@H]4SC[C@@H]5NC(=O)N[C@@H]54)[C@H]4C[C@@H](O)[C@]5(C)[C@@H](C6=CC(=O)OC6)CC[C@]5(O)[C@@H]4CC[C@]3(O)C2)[C@H](O)[C@H](O)[C@H]1O. The number of aliphatic hydroxyl groups is 6. The minimum absolute atomic E-state index is 0.0759. The lowest BCUT2D eigenvalue weighted by Gasteiger charge is -2.66. The van der Waals surface area contributed by atoms with E-state index >= 15 is 0 Å². The number of carbonyl (C=O) groups is 4. The maximum Gasteiger partial charge on any atom is 0.331 e. The Morgan fingerprint density at radius 3 is 2.55 bits per heavy atom. The van der Waals surface area contributed by atoms with Gasteiger partial charge >= 0.3 is 12.0 Å². The quantitative estimate of drug-likeness (QED) is 0.0280. The van der Waals surface area contributed by atoms with E-state index < -0.39 is 76.8 Å². The number of hydrogen-bond acceptors (Lipinski definition) is 15. The van der Waals surface area contributed by atoms with E-state index in [1.54, 1.807) is 13.1 Å². The first-order chi connectivity index (χ1) is 29.5. The highest BCUT2D eigenvalue weighted by molar-refractivity contribution is 8.00. The van der Waals surface area contributed by atoms with Gasteiger partial charge in [0, 0.05) is 59.9 Å². The number of unbranched alkanes of at least 4 members (excludes halogenated alkanes) is 1. The number of cyclic esters (lactones) is 1. The standard InChI is InChI=1S/C43H65N5O13S/c1-22-35(53)36(54)37(55)38(60-22)61-24-9-12-41(21-45-48-32(51)8-5-15-44-31(50)7-4-3-6-29-34-28(20-62-29)46-39(56)47-34)27-17-30(49)40(2)25(23-16-33(52)59-19-23)11-14-43(40,58)26(27)10-13-42(41,57)18-24/h16,21-22,24-30,34-38,49,53-55,57-58H,3-15,17-20H2,1-2H3,(H,44,50)(H,48,51)(H2,46,47,56)/b45-21+/t22-,24+,25-,26-,27+,28+,29+,30-,34+,35+,36-,37-,38+,40+,41+,42+,43+/m1/s1. The van der Waals surface area contributed by atoms with Gasteiger partial charge in [-0.1, -0.05) is 13.3 Å². The van der Waals surface area contributed by atoms with Crippen LogP contribution >= 0.6 is 11.8 Å². The summed E-state index contributed by atoms with van der Waals surface area (Å²) in [5.41, 5.74) is -1.58. The summed E-state index contributed by atoms with van der Waals surface area (Å²) in [6.45, 7) is 3.90. The van der Waals surface area contributed by atoms with Gasteiger partial charge in [0.2, 0.25) is 11.8 Å². The molecule has 4 saturated carbocycles. The van der Waals surface area contributed by atoms with Crippen molar-refractivity contribution in [3.05, 3.63) is 11.6 Å². The van der Waals surface area contributed by atoms with Gasteiger partial charge in [0.1, 0.15) is 24.9 Å². The zero-order chi connectivity index (χ0) is 44.2. The highest BCUT2D eigenvalue weighted by atomic mass is 32.2. The third-order valence-corrected chi connectivity index (χ3v) is 17.8. The van der Waals surface area contributed by atoms with E-state index in [0.29, 0.717) is 50.3 Å². The second-order valence-corrected chi connectivity index (χ2v) is 20.8. The van der Waals surface area contributed by atoms with Crippen LogP contribution < -0.4 is 21.4 Å². The molecule has 0 aromatic carbocycles. The van der Waals surface area contributed by atoms with Gasteiger partial charge < -0.3 is 60.8 Å². The number of aliphatic hydroxyl groups excluding tert-OH is 4. The minimum atomic E-state index is -1.52. The van der Waals surface area contributed by atoms with Crippen molar-refractivity contribution < 1.29 is 64.0 Å². The minimum Gasteiger partial charge on any atom is -0.458 e. The number of hydrazone groups is 1. The van der Waals surface area contributed by atoms with Gasteiger partial charge in [0.25, 0.3) is 0 Å². The van der Waals surface area contributed by atoms with Gasteiger partial charge in [-0.3, -0.25) is 9.59 Å². The van der Waals surface area contributed by atoms with E-state index in [1.165, 1.54) is 6.08 Å². The number of hydrogen-bond donors (Lipinski definition) is 10. The zero-order valence-corrected chi connectivity index (χ0v) is 36.4. The number of nitrogens with zero attached hydrogens (tertiary/aromatic N) is 1. The molecule has 4 heterocycles. The Morgan fingerprint density at radius 1 is 0.984 bits per heavy atom. The van der Waals surface area contributed by atoms with Gasteiger partial charge in [-0.15, -0.1) is 0 Å². The Balaban J connectivity index is 0.903. The molecule has 4 aliphatic carbocycles. The molecule has 346 valence electrons. The molecule has 8 aliphatic rings. The van der Waals surface area contributed by atoms with E-state index in [4.69, 9.17) is 14.2 Å². The van der Waals surface area contributed by atoms with Crippen LogP contribution in [-0.2, 0) is 28.6 Å². The van der Waals surface area contributed by atoms with Crippen LogP contribution in [0, 0.1) is 28.6 Å². The molecule has 0 bridgehead atoms. The van der Waals surface area contributed by atoms with Crippen LogP contribution in [0.4, 0.5) is 4.79 Å². The van der Waals surface area contributed by atoms with Crippen molar-refractivity contribution in [2.45, 2.75) is 175 Å². The van der Waals surface area contributed by atoms with Crippen LogP contribution in [0.25, 0.3) is 0 Å². The molecular formula is C43H65N5O13S. The first kappa shape index (κ1) is 45.7. The highest BCUT2D eigenvalue weighted by Gasteiger charge is 2.73.